The topological polar surface area (TPSA) is 123 Å². The van der Waals surface area contributed by atoms with Crippen LogP contribution in [0.15, 0.2) is 48.5 Å². The minimum absolute atomic E-state index is 0.0215. The fourth-order valence-electron chi connectivity index (χ4n) is 7.25. The Labute approximate surface area is 222 Å². The largest absolute Gasteiger partial charge is 0.372 e. The van der Waals surface area contributed by atoms with E-state index in [1.54, 1.807) is 17.0 Å². The van der Waals surface area contributed by atoms with Crippen molar-refractivity contribution in [3.63, 3.8) is 0 Å². The Balaban J connectivity index is 1.30. The van der Waals surface area contributed by atoms with Gasteiger partial charge in [0.2, 0.25) is 11.8 Å². The third-order valence-corrected chi connectivity index (χ3v) is 9.05. The Kier molecular flexibility index (Phi) is 6.19. The molecule has 196 valence electrons. The van der Waals surface area contributed by atoms with Gasteiger partial charge in [0.15, 0.2) is 5.60 Å². The zero-order valence-corrected chi connectivity index (χ0v) is 21.2. The van der Waals surface area contributed by atoms with Crippen LogP contribution in [-0.4, -0.2) is 52.9 Å². The molecule has 2 heterocycles. The average Bonchev–Trinajstić information content (AvgIpc) is 3.61. The van der Waals surface area contributed by atoms with Gasteiger partial charge in [0.05, 0.1) is 6.07 Å². The summed E-state index contributed by atoms with van der Waals surface area (Å²) in [5, 5.41) is 27.6. The molecule has 4 aliphatic rings. The number of benzene rings is 2. The summed E-state index contributed by atoms with van der Waals surface area (Å²) >= 11 is 0. The summed E-state index contributed by atoms with van der Waals surface area (Å²) in [6, 6.07) is 15.3. The van der Waals surface area contributed by atoms with Crippen LogP contribution in [-0.2, 0) is 20.0 Å². The molecule has 8 heteroatoms. The van der Waals surface area contributed by atoms with Gasteiger partial charge in [0.1, 0.15) is 12.1 Å². The molecule has 38 heavy (non-hydrogen) atoms. The second-order valence-electron chi connectivity index (χ2n) is 11.1. The second kappa shape index (κ2) is 9.55. The molecule has 0 unspecified atom stereocenters. The van der Waals surface area contributed by atoms with Crippen molar-refractivity contribution in [2.45, 2.75) is 56.2 Å². The monoisotopic (exact) mass is 512 g/mol. The van der Waals surface area contributed by atoms with Crippen LogP contribution in [0.5, 0.6) is 0 Å². The molecule has 2 aromatic rings. The van der Waals surface area contributed by atoms with Crippen LogP contribution < -0.4 is 10.6 Å². The predicted octanol–water partition coefficient (Wildman–Crippen LogP) is 2.45. The maximum absolute atomic E-state index is 14.3. The quantitative estimate of drug-likeness (QED) is 0.568. The van der Waals surface area contributed by atoms with Crippen LogP contribution in [0.4, 0.5) is 0 Å². The molecule has 3 N–H and O–H groups in total. The highest BCUT2D eigenvalue weighted by Gasteiger charge is 2.56. The van der Waals surface area contributed by atoms with E-state index in [0.29, 0.717) is 30.6 Å². The Hall–Kier alpha value is -3.70. The van der Waals surface area contributed by atoms with Gasteiger partial charge in [-0.15, -0.1) is 0 Å². The number of carbonyl (C=O) groups is 3. The van der Waals surface area contributed by atoms with Crippen LogP contribution in [0, 0.1) is 29.1 Å². The minimum Gasteiger partial charge on any atom is -0.372 e. The minimum atomic E-state index is -1.89. The Morgan fingerprint density at radius 3 is 2.42 bits per heavy atom. The molecule has 5 atom stereocenters. The zero-order valence-electron chi connectivity index (χ0n) is 21.2. The van der Waals surface area contributed by atoms with Gasteiger partial charge in [0.25, 0.3) is 5.91 Å². The van der Waals surface area contributed by atoms with Crippen molar-refractivity contribution in [3.8, 4) is 17.2 Å². The number of aliphatic hydroxyl groups is 1. The molecule has 2 aliphatic carbocycles. The second-order valence-corrected chi connectivity index (χ2v) is 11.1. The van der Waals surface area contributed by atoms with E-state index in [0.717, 1.165) is 36.8 Å². The van der Waals surface area contributed by atoms with Crippen molar-refractivity contribution in [2.75, 3.05) is 13.1 Å². The molecule has 3 fully saturated rings. The van der Waals surface area contributed by atoms with Gasteiger partial charge in [-0.05, 0) is 55.1 Å². The molecule has 2 aromatic carbocycles. The normalized spacial score (nSPS) is 27.5. The van der Waals surface area contributed by atoms with E-state index in [1.807, 2.05) is 36.4 Å². The smallest absolute Gasteiger partial charge is 0.264 e. The van der Waals surface area contributed by atoms with Crippen LogP contribution in [0.1, 0.15) is 49.7 Å². The Morgan fingerprint density at radius 2 is 1.76 bits per heavy atom. The van der Waals surface area contributed by atoms with E-state index < -0.39 is 23.6 Å². The number of piperidine rings is 1. The van der Waals surface area contributed by atoms with Crippen molar-refractivity contribution in [3.05, 3.63) is 59.7 Å². The van der Waals surface area contributed by atoms with Crippen molar-refractivity contribution < 1.29 is 19.5 Å². The molecule has 8 nitrogen and oxygen atoms in total. The van der Waals surface area contributed by atoms with Crippen LogP contribution >= 0.6 is 0 Å². The number of nitrogens with one attached hydrogen (secondary N) is 2. The van der Waals surface area contributed by atoms with Gasteiger partial charge in [-0.3, -0.25) is 14.4 Å². The number of likely N-dealkylation sites (tertiary alicyclic amines) is 1. The first-order chi connectivity index (χ1) is 18.4. The molecular weight excluding hydrogens is 480 g/mol. The van der Waals surface area contributed by atoms with Crippen LogP contribution in [0.2, 0.25) is 0 Å². The summed E-state index contributed by atoms with van der Waals surface area (Å²) < 4.78 is 0. The van der Waals surface area contributed by atoms with E-state index in [2.05, 4.69) is 16.7 Å². The first-order valence-corrected chi connectivity index (χ1v) is 13.6. The number of rotatable bonds is 5. The van der Waals surface area contributed by atoms with Gasteiger partial charge in [-0.1, -0.05) is 55.0 Å². The lowest BCUT2D eigenvalue weighted by molar-refractivity contribution is -0.152. The van der Waals surface area contributed by atoms with E-state index >= 15 is 0 Å². The number of carbonyl (C=O) groups excluding carboxylic acids is 3. The van der Waals surface area contributed by atoms with E-state index in [-0.39, 0.29) is 36.0 Å². The number of fused-ring (bicyclic) bond motifs is 4. The van der Waals surface area contributed by atoms with E-state index in [4.69, 9.17) is 0 Å². The van der Waals surface area contributed by atoms with Gasteiger partial charge in [-0.25, -0.2) is 0 Å². The van der Waals surface area contributed by atoms with Crippen LogP contribution in [0.3, 0.4) is 0 Å². The predicted molar refractivity (Wildman–Crippen MR) is 139 cm³/mol. The molecule has 6 rings (SSSR count). The third-order valence-electron chi connectivity index (χ3n) is 9.05. The molecular formula is C30H32N4O4. The first kappa shape index (κ1) is 24.6. The summed E-state index contributed by atoms with van der Waals surface area (Å²) in [6.07, 6.45) is 4.51. The maximum Gasteiger partial charge on any atom is 0.264 e. The number of hydrogen-bond donors (Lipinski definition) is 3. The fraction of sp³-hybridized carbons (Fsp3) is 0.467. The lowest BCUT2D eigenvalue weighted by Gasteiger charge is -2.34. The highest BCUT2D eigenvalue weighted by atomic mass is 16.3. The molecule has 0 radical (unpaired) electrons. The maximum atomic E-state index is 14.3. The van der Waals surface area contributed by atoms with Gasteiger partial charge < -0.3 is 20.6 Å². The molecule has 2 aliphatic heterocycles. The summed E-state index contributed by atoms with van der Waals surface area (Å²) in [7, 11) is 0. The summed E-state index contributed by atoms with van der Waals surface area (Å²) in [5.74, 6) is -1.12. The Morgan fingerprint density at radius 1 is 1.08 bits per heavy atom. The summed E-state index contributed by atoms with van der Waals surface area (Å²) in [4.78, 5) is 41.9. The van der Waals surface area contributed by atoms with Gasteiger partial charge in [-0.2, -0.15) is 5.26 Å². The standard InChI is InChI=1S/C30H32N4O4/c31-16-20(15-18-8-6-14-32-27(18)35)33-28(36)26-21-11-5-7-19(21)17-34(26)29(37)30(38)24-12-3-1-9-22(24)23-10-2-4-13-25(23)30/h1-4,9-10,12-13,18-21,26,38H,5-8,11,14-15,17H2,(H,32,35)(H,33,36)/t18-,19-,20+,21-,26-/m0/s1. The molecule has 0 spiro atoms. The highest BCUT2D eigenvalue weighted by molar-refractivity contribution is 6.01. The van der Waals surface area contributed by atoms with Crippen LogP contribution in [0.25, 0.3) is 11.1 Å². The van der Waals surface area contributed by atoms with Crippen molar-refractivity contribution in [2.24, 2.45) is 17.8 Å². The zero-order chi connectivity index (χ0) is 26.4. The van der Waals surface area contributed by atoms with E-state index in [1.165, 1.54) is 0 Å². The van der Waals surface area contributed by atoms with E-state index in [9.17, 15) is 24.8 Å². The number of nitriles is 1. The molecule has 1 saturated carbocycles. The highest BCUT2D eigenvalue weighted by Crippen LogP contribution is 2.50. The number of amides is 3. The lowest BCUT2D eigenvalue weighted by Crippen LogP contribution is -2.55. The molecule has 0 bridgehead atoms. The number of hydrogen-bond acceptors (Lipinski definition) is 5. The first-order valence-electron chi connectivity index (χ1n) is 13.6. The molecule has 0 aromatic heterocycles. The number of nitrogens with zero attached hydrogens (tertiary/aromatic N) is 2. The van der Waals surface area contributed by atoms with Gasteiger partial charge in [0, 0.05) is 30.1 Å². The lowest BCUT2D eigenvalue weighted by atomic mass is 9.88. The molecule has 2 saturated heterocycles. The fourth-order valence-corrected chi connectivity index (χ4v) is 7.25. The summed E-state index contributed by atoms with van der Waals surface area (Å²) in [6.45, 7) is 1.03. The third kappa shape index (κ3) is 3.80. The van der Waals surface area contributed by atoms with Crippen molar-refractivity contribution >= 4 is 17.7 Å². The van der Waals surface area contributed by atoms with Crippen molar-refractivity contribution in [1.82, 2.24) is 15.5 Å². The summed E-state index contributed by atoms with van der Waals surface area (Å²) in [5.41, 5.74) is 0.796. The Bertz CT molecular complexity index is 1290. The molecule has 3 amide bonds. The van der Waals surface area contributed by atoms with Gasteiger partial charge >= 0.3 is 0 Å². The SMILES string of the molecule is N#C[C@@H](C[C@@H]1CCCNC1=O)NC(=O)[C@@H]1[C@H]2CCC[C@H]2CN1C(=O)C1(O)c2ccccc2-c2ccccc21. The van der Waals surface area contributed by atoms with Crippen molar-refractivity contribution in [1.29, 1.82) is 5.26 Å². The average molecular weight is 513 g/mol.